The van der Waals surface area contributed by atoms with Crippen molar-refractivity contribution in [2.75, 3.05) is 13.7 Å². The number of nitrogens with one attached hydrogen (secondary N) is 1. The van der Waals surface area contributed by atoms with Crippen LogP contribution < -0.4 is 5.32 Å². The zero-order chi connectivity index (χ0) is 15.1. The van der Waals surface area contributed by atoms with Crippen molar-refractivity contribution in [3.63, 3.8) is 0 Å². The van der Waals surface area contributed by atoms with E-state index in [0.717, 1.165) is 11.1 Å². The molecular formula is C17H19F2NO. The van der Waals surface area contributed by atoms with Gasteiger partial charge < -0.3 is 10.1 Å². The predicted octanol–water partition coefficient (Wildman–Crippen LogP) is 3.71. The molecular weight excluding hydrogens is 272 g/mol. The van der Waals surface area contributed by atoms with Gasteiger partial charge in [0.1, 0.15) is 0 Å². The van der Waals surface area contributed by atoms with Crippen molar-refractivity contribution in [2.45, 2.75) is 19.1 Å². The van der Waals surface area contributed by atoms with Crippen molar-refractivity contribution < 1.29 is 13.5 Å². The molecule has 0 atom stereocenters. The molecule has 0 aliphatic carbocycles. The summed E-state index contributed by atoms with van der Waals surface area (Å²) in [5.74, 6) is -2.88. The fourth-order valence-corrected chi connectivity index (χ4v) is 2.16. The van der Waals surface area contributed by atoms with E-state index in [9.17, 15) is 8.78 Å². The van der Waals surface area contributed by atoms with Gasteiger partial charge in [-0.05, 0) is 11.1 Å². The van der Waals surface area contributed by atoms with E-state index >= 15 is 0 Å². The Hall–Kier alpha value is -1.78. The lowest BCUT2D eigenvalue weighted by molar-refractivity contribution is -0.00346. The summed E-state index contributed by atoms with van der Waals surface area (Å²) in [5.41, 5.74) is 2.02. The number of benzene rings is 2. The molecule has 4 heteroatoms. The fraction of sp³-hybridized carbons (Fsp3) is 0.294. The van der Waals surface area contributed by atoms with Gasteiger partial charge >= 0.3 is 0 Å². The highest BCUT2D eigenvalue weighted by Crippen LogP contribution is 2.26. The van der Waals surface area contributed by atoms with Gasteiger partial charge in [-0.1, -0.05) is 54.6 Å². The maximum atomic E-state index is 14.0. The first kappa shape index (κ1) is 15.6. The van der Waals surface area contributed by atoms with Gasteiger partial charge in [0.05, 0.1) is 13.2 Å². The highest BCUT2D eigenvalue weighted by atomic mass is 19.3. The van der Waals surface area contributed by atoms with Gasteiger partial charge in [0.15, 0.2) is 0 Å². The molecule has 0 unspecified atom stereocenters. The molecule has 0 bridgehead atoms. The topological polar surface area (TPSA) is 21.3 Å². The maximum absolute atomic E-state index is 14.0. The molecule has 1 N–H and O–H groups in total. The Bertz CT molecular complexity index is 558. The Balaban J connectivity index is 1.95. The van der Waals surface area contributed by atoms with Gasteiger partial charge in [0.25, 0.3) is 5.92 Å². The third-order valence-electron chi connectivity index (χ3n) is 3.28. The summed E-state index contributed by atoms with van der Waals surface area (Å²) in [6.07, 6.45) is 0. The van der Waals surface area contributed by atoms with Crippen LogP contribution in [0.25, 0.3) is 0 Å². The molecule has 0 heterocycles. The van der Waals surface area contributed by atoms with Gasteiger partial charge in [-0.25, -0.2) is 0 Å². The van der Waals surface area contributed by atoms with Gasteiger partial charge in [-0.3, -0.25) is 0 Å². The molecule has 0 saturated carbocycles. The van der Waals surface area contributed by atoms with E-state index < -0.39 is 12.5 Å². The largest absolute Gasteiger partial charge is 0.380 e. The fourth-order valence-electron chi connectivity index (χ4n) is 2.16. The van der Waals surface area contributed by atoms with Crippen LogP contribution in [0.5, 0.6) is 0 Å². The first-order valence-corrected chi connectivity index (χ1v) is 6.83. The summed E-state index contributed by atoms with van der Waals surface area (Å²) >= 11 is 0. The molecule has 2 aromatic carbocycles. The minimum atomic E-state index is -2.88. The summed E-state index contributed by atoms with van der Waals surface area (Å²) in [4.78, 5) is 0. The molecule has 21 heavy (non-hydrogen) atoms. The average Bonchev–Trinajstić information content (AvgIpc) is 2.50. The lowest BCUT2D eigenvalue weighted by atomic mass is 10.1. The van der Waals surface area contributed by atoms with Crippen LogP contribution in [-0.2, 0) is 23.8 Å². The van der Waals surface area contributed by atoms with Crippen molar-refractivity contribution >= 4 is 0 Å². The van der Waals surface area contributed by atoms with E-state index in [4.69, 9.17) is 4.74 Å². The molecule has 0 spiro atoms. The molecule has 0 amide bonds. The van der Waals surface area contributed by atoms with Gasteiger partial charge in [-0.15, -0.1) is 0 Å². The molecule has 0 aliphatic heterocycles. The summed E-state index contributed by atoms with van der Waals surface area (Å²) in [5, 5.41) is 2.83. The Morgan fingerprint density at radius 1 is 0.952 bits per heavy atom. The Kier molecular flexibility index (Phi) is 5.42. The van der Waals surface area contributed by atoms with E-state index in [1.54, 1.807) is 25.3 Å². The van der Waals surface area contributed by atoms with Crippen molar-refractivity contribution in [1.82, 2.24) is 5.32 Å². The van der Waals surface area contributed by atoms with Crippen LogP contribution >= 0.6 is 0 Å². The van der Waals surface area contributed by atoms with Crippen LogP contribution in [0.15, 0.2) is 54.6 Å². The summed E-state index contributed by atoms with van der Waals surface area (Å²) in [7, 11) is 1.62. The third kappa shape index (κ3) is 4.34. The van der Waals surface area contributed by atoms with Crippen molar-refractivity contribution in [3.8, 4) is 0 Å². The molecule has 2 rings (SSSR count). The molecule has 0 fully saturated rings. The van der Waals surface area contributed by atoms with Crippen molar-refractivity contribution in [3.05, 3.63) is 71.3 Å². The first-order valence-electron chi connectivity index (χ1n) is 6.83. The van der Waals surface area contributed by atoms with E-state index in [0.29, 0.717) is 13.2 Å². The van der Waals surface area contributed by atoms with E-state index in [1.165, 1.54) is 12.1 Å². The van der Waals surface area contributed by atoms with Crippen LogP contribution in [0.3, 0.4) is 0 Å². The number of halogens is 2. The van der Waals surface area contributed by atoms with Crippen LogP contribution in [0, 0.1) is 0 Å². The zero-order valence-electron chi connectivity index (χ0n) is 12.0. The van der Waals surface area contributed by atoms with E-state index in [-0.39, 0.29) is 5.56 Å². The van der Waals surface area contributed by atoms with Gasteiger partial charge in [0, 0.05) is 19.2 Å². The van der Waals surface area contributed by atoms with Crippen LogP contribution in [0.1, 0.15) is 16.7 Å². The Labute approximate surface area is 123 Å². The molecule has 0 radical (unpaired) electrons. The first-order chi connectivity index (χ1) is 10.1. The third-order valence-corrected chi connectivity index (χ3v) is 3.28. The van der Waals surface area contributed by atoms with Gasteiger partial charge in [-0.2, -0.15) is 8.78 Å². The van der Waals surface area contributed by atoms with Crippen molar-refractivity contribution in [2.24, 2.45) is 0 Å². The molecule has 2 aromatic rings. The predicted molar refractivity (Wildman–Crippen MR) is 79.2 cm³/mol. The number of hydrogen-bond acceptors (Lipinski definition) is 2. The molecule has 0 saturated heterocycles. The second-order valence-corrected chi connectivity index (χ2v) is 4.88. The van der Waals surface area contributed by atoms with E-state index in [2.05, 4.69) is 5.32 Å². The van der Waals surface area contributed by atoms with E-state index in [1.807, 2.05) is 24.3 Å². The highest BCUT2D eigenvalue weighted by Gasteiger charge is 2.30. The Morgan fingerprint density at radius 3 is 2.24 bits per heavy atom. The summed E-state index contributed by atoms with van der Waals surface area (Å²) in [6.45, 7) is 0.479. The highest BCUT2D eigenvalue weighted by molar-refractivity contribution is 5.26. The maximum Gasteiger partial charge on any atom is 0.285 e. The number of ether oxygens (including phenoxy) is 1. The minimum absolute atomic E-state index is 0.0303. The number of rotatable bonds is 7. The second-order valence-electron chi connectivity index (χ2n) is 4.88. The van der Waals surface area contributed by atoms with Crippen molar-refractivity contribution in [1.29, 1.82) is 0 Å². The quantitative estimate of drug-likeness (QED) is 0.839. The van der Waals surface area contributed by atoms with Crippen LogP contribution in [0.2, 0.25) is 0 Å². The van der Waals surface area contributed by atoms with Crippen LogP contribution in [-0.4, -0.2) is 13.7 Å². The number of hydrogen-bond donors (Lipinski definition) is 1. The SMILES string of the molecule is COCc1ccccc1CNCC(F)(F)c1ccccc1. The molecule has 112 valence electrons. The van der Waals surface area contributed by atoms with Gasteiger partial charge in [0.2, 0.25) is 0 Å². The second kappa shape index (κ2) is 7.29. The summed E-state index contributed by atoms with van der Waals surface area (Å²) in [6, 6.07) is 15.5. The summed E-state index contributed by atoms with van der Waals surface area (Å²) < 4.78 is 33.1. The molecule has 0 aliphatic rings. The molecule has 0 aromatic heterocycles. The van der Waals surface area contributed by atoms with Crippen LogP contribution in [0.4, 0.5) is 8.78 Å². The minimum Gasteiger partial charge on any atom is -0.380 e. The molecule has 2 nitrogen and oxygen atoms in total. The lowest BCUT2D eigenvalue weighted by Crippen LogP contribution is -2.30. The smallest absolute Gasteiger partial charge is 0.285 e. The number of alkyl halides is 2. The lowest BCUT2D eigenvalue weighted by Gasteiger charge is -2.18. The standard InChI is InChI=1S/C17H19F2NO/c1-21-12-15-8-6-5-7-14(15)11-20-13-17(18,19)16-9-3-2-4-10-16/h2-10,20H,11-13H2,1H3. The normalized spacial score (nSPS) is 11.6. The average molecular weight is 291 g/mol. The monoisotopic (exact) mass is 291 g/mol. The number of methoxy groups -OCH3 is 1. The Morgan fingerprint density at radius 2 is 1.57 bits per heavy atom. The zero-order valence-corrected chi connectivity index (χ0v) is 12.0.